The van der Waals surface area contributed by atoms with Gasteiger partial charge in [0.05, 0.1) is 18.7 Å². The molecule has 0 bridgehead atoms. The molecule has 6 heteroatoms. The fourth-order valence-electron chi connectivity index (χ4n) is 3.48. The van der Waals surface area contributed by atoms with Gasteiger partial charge in [0.2, 0.25) is 5.91 Å². The first-order chi connectivity index (χ1) is 12.8. The first kappa shape index (κ1) is 14.9. The van der Waals surface area contributed by atoms with Crippen molar-refractivity contribution < 1.29 is 9.21 Å². The molecule has 4 aromatic rings. The fourth-order valence-corrected chi connectivity index (χ4v) is 3.48. The minimum Gasteiger partial charge on any atom is -0.460 e. The molecule has 1 amide bonds. The van der Waals surface area contributed by atoms with E-state index >= 15 is 0 Å². The van der Waals surface area contributed by atoms with Gasteiger partial charge in [-0.15, -0.1) is 0 Å². The number of anilines is 1. The van der Waals surface area contributed by atoms with E-state index in [-0.39, 0.29) is 11.8 Å². The number of amides is 1. The molecule has 0 fully saturated rings. The summed E-state index contributed by atoms with van der Waals surface area (Å²) in [6, 6.07) is 13.8. The SMILES string of the molecule is O=C1CC(c2cc3ccccc3o2)c2cnn(Cc3cccnc3)c2N1. The number of para-hydroxylation sites is 1. The summed E-state index contributed by atoms with van der Waals surface area (Å²) in [6.45, 7) is 0.552. The number of pyridine rings is 1. The molecule has 26 heavy (non-hydrogen) atoms. The van der Waals surface area contributed by atoms with Crippen LogP contribution in [-0.4, -0.2) is 20.7 Å². The molecule has 6 nitrogen and oxygen atoms in total. The van der Waals surface area contributed by atoms with Crippen molar-refractivity contribution in [1.29, 1.82) is 0 Å². The van der Waals surface area contributed by atoms with E-state index in [1.807, 2.05) is 48.7 Å². The zero-order chi connectivity index (χ0) is 17.5. The number of hydrogen-bond donors (Lipinski definition) is 1. The van der Waals surface area contributed by atoms with Crippen molar-refractivity contribution >= 4 is 22.7 Å². The van der Waals surface area contributed by atoms with E-state index in [1.165, 1.54) is 0 Å². The van der Waals surface area contributed by atoms with E-state index in [2.05, 4.69) is 15.4 Å². The maximum atomic E-state index is 12.3. The number of carbonyl (C=O) groups is 1. The number of rotatable bonds is 3. The average molecular weight is 344 g/mol. The fraction of sp³-hybridized carbons (Fsp3) is 0.150. The van der Waals surface area contributed by atoms with E-state index < -0.39 is 0 Å². The zero-order valence-electron chi connectivity index (χ0n) is 13.9. The summed E-state index contributed by atoms with van der Waals surface area (Å²) in [4.78, 5) is 16.5. The molecule has 1 atom stereocenters. The van der Waals surface area contributed by atoms with E-state index in [0.717, 1.165) is 33.7 Å². The van der Waals surface area contributed by atoms with Crippen molar-refractivity contribution in [3.63, 3.8) is 0 Å². The molecule has 1 aliphatic rings. The van der Waals surface area contributed by atoms with Gasteiger partial charge in [0, 0.05) is 29.8 Å². The largest absolute Gasteiger partial charge is 0.460 e. The molecule has 1 aliphatic heterocycles. The van der Waals surface area contributed by atoms with Gasteiger partial charge in [-0.05, 0) is 23.8 Å². The summed E-state index contributed by atoms with van der Waals surface area (Å²) in [5.74, 6) is 1.36. The Labute approximate surface area is 149 Å². The highest BCUT2D eigenvalue weighted by Crippen LogP contribution is 2.39. The first-order valence-corrected chi connectivity index (χ1v) is 8.51. The van der Waals surface area contributed by atoms with Gasteiger partial charge >= 0.3 is 0 Å². The van der Waals surface area contributed by atoms with Crippen LogP contribution in [0.1, 0.15) is 29.2 Å². The average Bonchev–Trinajstić information content (AvgIpc) is 3.26. The number of aromatic nitrogens is 3. The molecule has 0 aliphatic carbocycles. The number of nitrogens with one attached hydrogen (secondary N) is 1. The van der Waals surface area contributed by atoms with Crippen LogP contribution in [0.5, 0.6) is 0 Å². The van der Waals surface area contributed by atoms with Crippen molar-refractivity contribution in [3.05, 3.63) is 77.9 Å². The van der Waals surface area contributed by atoms with E-state index in [0.29, 0.717) is 13.0 Å². The second-order valence-electron chi connectivity index (χ2n) is 6.46. The van der Waals surface area contributed by atoms with Crippen molar-refractivity contribution in [2.45, 2.75) is 18.9 Å². The molecule has 0 radical (unpaired) electrons. The summed E-state index contributed by atoms with van der Waals surface area (Å²) in [7, 11) is 0. The van der Waals surface area contributed by atoms with Gasteiger partial charge in [0.15, 0.2) is 0 Å². The van der Waals surface area contributed by atoms with Gasteiger partial charge in [-0.1, -0.05) is 24.3 Å². The van der Waals surface area contributed by atoms with Gasteiger partial charge in [0.1, 0.15) is 17.2 Å². The summed E-state index contributed by atoms with van der Waals surface area (Å²) in [5.41, 5.74) is 2.84. The Hall–Kier alpha value is -3.41. The third-order valence-electron chi connectivity index (χ3n) is 4.73. The maximum Gasteiger partial charge on any atom is 0.226 e. The second kappa shape index (κ2) is 5.84. The predicted molar refractivity (Wildman–Crippen MR) is 96.9 cm³/mol. The van der Waals surface area contributed by atoms with Crippen LogP contribution in [0, 0.1) is 0 Å². The Balaban J connectivity index is 1.55. The van der Waals surface area contributed by atoms with Crippen LogP contribution in [0.4, 0.5) is 5.82 Å². The lowest BCUT2D eigenvalue weighted by Gasteiger charge is -2.22. The highest BCUT2D eigenvalue weighted by atomic mass is 16.3. The van der Waals surface area contributed by atoms with Crippen molar-refractivity contribution in [2.75, 3.05) is 5.32 Å². The topological polar surface area (TPSA) is 73.0 Å². The van der Waals surface area contributed by atoms with Crippen LogP contribution in [0.15, 0.2) is 65.5 Å². The molecule has 5 rings (SSSR count). The lowest BCUT2D eigenvalue weighted by Crippen LogP contribution is -2.24. The lowest BCUT2D eigenvalue weighted by molar-refractivity contribution is -0.116. The Kier molecular flexibility index (Phi) is 3.35. The minimum atomic E-state index is -0.131. The van der Waals surface area contributed by atoms with Crippen LogP contribution in [0.2, 0.25) is 0 Å². The molecule has 3 aromatic heterocycles. The summed E-state index contributed by atoms with van der Waals surface area (Å²) in [5, 5.41) is 8.49. The molecule has 0 spiro atoms. The van der Waals surface area contributed by atoms with Gasteiger partial charge in [-0.25, -0.2) is 4.68 Å². The number of fused-ring (bicyclic) bond motifs is 2. The highest BCUT2D eigenvalue weighted by molar-refractivity contribution is 5.94. The van der Waals surface area contributed by atoms with Gasteiger partial charge < -0.3 is 9.73 Å². The molecule has 128 valence electrons. The third kappa shape index (κ3) is 2.47. The predicted octanol–water partition coefficient (Wildman–Crippen LogP) is 3.55. The zero-order valence-corrected chi connectivity index (χ0v) is 13.9. The van der Waals surface area contributed by atoms with Crippen LogP contribution < -0.4 is 5.32 Å². The van der Waals surface area contributed by atoms with Crippen LogP contribution in [-0.2, 0) is 11.3 Å². The molecule has 0 saturated carbocycles. The van der Waals surface area contributed by atoms with Crippen LogP contribution in [0.25, 0.3) is 11.0 Å². The molecular formula is C20H16N4O2. The first-order valence-electron chi connectivity index (χ1n) is 8.51. The molecule has 1 N–H and O–H groups in total. The second-order valence-corrected chi connectivity index (χ2v) is 6.46. The van der Waals surface area contributed by atoms with Crippen LogP contribution in [0.3, 0.4) is 0 Å². The number of furan rings is 1. The Morgan fingerprint density at radius 1 is 1.19 bits per heavy atom. The van der Waals surface area contributed by atoms with Crippen LogP contribution >= 0.6 is 0 Å². The Bertz CT molecular complexity index is 1060. The summed E-state index contributed by atoms with van der Waals surface area (Å²) in [6.07, 6.45) is 5.71. The summed E-state index contributed by atoms with van der Waals surface area (Å²) >= 11 is 0. The Morgan fingerprint density at radius 2 is 2.12 bits per heavy atom. The van der Waals surface area contributed by atoms with Gasteiger partial charge in [-0.3, -0.25) is 9.78 Å². The molecule has 1 aromatic carbocycles. The molecule has 4 heterocycles. The molecular weight excluding hydrogens is 328 g/mol. The van der Waals surface area contributed by atoms with Crippen molar-refractivity contribution in [1.82, 2.24) is 14.8 Å². The minimum absolute atomic E-state index is 0.0316. The number of benzene rings is 1. The number of nitrogens with zero attached hydrogens (tertiary/aromatic N) is 3. The highest BCUT2D eigenvalue weighted by Gasteiger charge is 2.32. The lowest BCUT2D eigenvalue weighted by atomic mass is 9.92. The standard InChI is InChI=1S/C20H16N4O2/c25-19-9-15(18-8-14-5-1-2-6-17(14)26-18)16-11-22-24(20(16)23-19)12-13-4-3-7-21-10-13/h1-8,10-11,15H,9,12H2,(H,23,25). The van der Waals surface area contributed by atoms with Gasteiger partial charge in [-0.2, -0.15) is 5.10 Å². The van der Waals surface area contributed by atoms with E-state index in [4.69, 9.17) is 4.42 Å². The van der Waals surface area contributed by atoms with Crippen molar-refractivity contribution in [2.24, 2.45) is 0 Å². The monoisotopic (exact) mass is 344 g/mol. The number of hydrogen-bond acceptors (Lipinski definition) is 4. The smallest absolute Gasteiger partial charge is 0.226 e. The molecule has 0 saturated heterocycles. The number of carbonyl (C=O) groups excluding carboxylic acids is 1. The third-order valence-corrected chi connectivity index (χ3v) is 4.73. The maximum absolute atomic E-state index is 12.3. The van der Waals surface area contributed by atoms with E-state index in [9.17, 15) is 4.79 Å². The molecule has 1 unspecified atom stereocenters. The Morgan fingerprint density at radius 3 is 2.96 bits per heavy atom. The van der Waals surface area contributed by atoms with Gasteiger partial charge in [0.25, 0.3) is 0 Å². The quantitative estimate of drug-likeness (QED) is 0.617. The van der Waals surface area contributed by atoms with E-state index in [1.54, 1.807) is 17.1 Å². The normalized spacial score (nSPS) is 16.5. The van der Waals surface area contributed by atoms with Crippen molar-refractivity contribution in [3.8, 4) is 0 Å². The summed E-state index contributed by atoms with van der Waals surface area (Å²) < 4.78 is 7.82.